The van der Waals surface area contributed by atoms with Crippen molar-refractivity contribution in [2.45, 2.75) is 0 Å². The third kappa shape index (κ3) is 3.49. The molecule has 0 aliphatic carbocycles. The van der Waals surface area contributed by atoms with E-state index in [9.17, 15) is 22.0 Å². The van der Waals surface area contributed by atoms with Crippen LogP contribution in [0.2, 0.25) is 15.2 Å². The first-order valence-electron chi connectivity index (χ1n) is 5.56. The maximum Gasteiger partial charge on any atom is 0.200 e. The molecule has 23 heavy (non-hydrogen) atoms. The van der Waals surface area contributed by atoms with Gasteiger partial charge in [0.25, 0.3) is 0 Å². The van der Waals surface area contributed by atoms with Crippen LogP contribution < -0.4 is 5.43 Å². The Kier molecular flexibility index (Phi) is 5.28. The standard InChI is InChI=1S/C12H3Cl3F5N3/c13-4-1-5(14)12(22-11(4)15)23-21-2-3-6(16)8(18)10(20)9(19)7(3)17/h1-2H,(H,22,23). The number of aromatic nitrogens is 1. The number of hydrogen-bond acceptors (Lipinski definition) is 3. The van der Waals surface area contributed by atoms with Crippen molar-refractivity contribution in [2.24, 2.45) is 5.10 Å². The van der Waals surface area contributed by atoms with Crippen molar-refractivity contribution in [1.82, 2.24) is 4.98 Å². The predicted octanol–water partition coefficient (Wildman–Crippen LogP) is 5.18. The molecule has 0 saturated heterocycles. The lowest BCUT2D eigenvalue weighted by Gasteiger charge is -2.05. The highest BCUT2D eigenvalue weighted by Crippen LogP contribution is 2.29. The summed E-state index contributed by atoms with van der Waals surface area (Å²) in [5.74, 6) is -10.6. The fraction of sp³-hybridized carbons (Fsp3) is 0. The lowest BCUT2D eigenvalue weighted by atomic mass is 10.2. The van der Waals surface area contributed by atoms with Crippen LogP contribution in [-0.2, 0) is 0 Å². The molecule has 2 aromatic rings. The van der Waals surface area contributed by atoms with Crippen LogP contribution in [0.5, 0.6) is 0 Å². The van der Waals surface area contributed by atoms with Gasteiger partial charge in [0.1, 0.15) is 5.15 Å². The van der Waals surface area contributed by atoms with E-state index in [1.807, 2.05) is 0 Å². The van der Waals surface area contributed by atoms with Gasteiger partial charge in [-0.1, -0.05) is 34.8 Å². The molecule has 0 atom stereocenters. The third-order valence-corrected chi connectivity index (χ3v) is 3.46. The van der Waals surface area contributed by atoms with Crippen LogP contribution in [0, 0.1) is 29.1 Å². The highest BCUT2D eigenvalue weighted by Gasteiger charge is 2.24. The number of nitrogens with one attached hydrogen (secondary N) is 1. The van der Waals surface area contributed by atoms with E-state index in [1.165, 1.54) is 6.07 Å². The maximum atomic E-state index is 13.4. The SMILES string of the molecule is Fc1c(F)c(F)c(C=NNc2nc(Cl)c(Cl)cc2Cl)c(F)c1F. The summed E-state index contributed by atoms with van der Waals surface area (Å²) in [5.41, 5.74) is 0.917. The Morgan fingerprint density at radius 3 is 1.96 bits per heavy atom. The number of nitrogens with zero attached hydrogens (tertiary/aromatic N) is 2. The van der Waals surface area contributed by atoms with Crippen LogP contribution in [-0.4, -0.2) is 11.2 Å². The second kappa shape index (κ2) is 6.86. The topological polar surface area (TPSA) is 37.3 Å². The summed E-state index contributed by atoms with van der Waals surface area (Å²) in [4.78, 5) is 3.68. The Bertz CT molecular complexity index is 784. The van der Waals surface area contributed by atoms with Crippen LogP contribution in [0.4, 0.5) is 27.8 Å². The van der Waals surface area contributed by atoms with E-state index in [2.05, 4.69) is 15.5 Å². The molecule has 1 N–H and O–H groups in total. The summed E-state index contributed by atoms with van der Waals surface area (Å²) >= 11 is 17.0. The van der Waals surface area contributed by atoms with Gasteiger partial charge in [-0.3, -0.25) is 5.43 Å². The average molecular weight is 391 g/mol. The summed E-state index contributed by atoms with van der Waals surface area (Å²) in [7, 11) is 0. The van der Waals surface area contributed by atoms with Crippen LogP contribution in [0.3, 0.4) is 0 Å². The zero-order valence-corrected chi connectivity index (χ0v) is 12.8. The molecule has 0 saturated carbocycles. The molecule has 11 heteroatoms. The van der Waals surface area contributed by atoms with Gasteiger partial charge in [0.15, 0.2) is 29.1 Å². The van der Waals surface area contributed by atoms with E-state index >= 15 is 0 Å². The van der Waals surface area contributed by atoms with E-state index in [-0.39, 0.29) is 21.0 Å². The first-order valence-corrected chi connectivity index (χ1v) is 6.69. The molecule has 122 valence electrons. The molecule has 3 nitrogen and oxygen atoms in total. The van der Waals surface area contributed by atoms with Gasteiger partial charge >= 0.3 is 0 Å². The Balaban J connectivity index is 2.34. The number of benzene rings is 1. The van der Waals surface area contributed by atoms with Crippen LogP contribution >= 0.6 is 34.8 Å². The fourth-order valence-corrected chi connectivity index (χ4v) is 1.96. The minimum absolute atomic E-state index is 0.0334. The molecule has 0 spiro atoms. The zero-order chi connectivity index (χ0) is 17.3. The molecule has 0 bridgehead atoms. The summed E-state index contributed by atoms with van der Waals surface area (Å²) in [6.07, 6.45) is 0.386. The van der Waals surface area contributed by atoms with E-state index in [1.54, 1.807) is 0 Å². The number of hydrogen-bond donors (Lipinski definition) is 1. The first-order chi connectivity index (χ1) is 10.7. The minimum atomic E-state index is -2.26. The van der Waals surface area contributed by atoms with Crippen molar-refractivity contribution in [3.05, 3.63) is 55.9 Å². The lowest BCUT2D eigenvalue weighted by Crippen LogP contribution is -2.07. The van der Waals surface area contributed by atoms with Crippen molar-refractivity contribution in [3.63, 3.8) is 0 Å². The molecule has 0 aliphatic heterocycles. The Morgan fingerprint density at radius 1 is 0.870 bits per heavy atom. The van der Waals surface area contributed by atoms with Gasteiger partial charge in [0.05, 0.1) is 21.8 Å². The van der Waals surface area contributed by atoms with Crippen molar-refractivity contribution in [2.75, 3.05) is 5.43 Å². The van der Waals surface area contributed by atoms with E-state index in [0.29, 0.717) is 6.21 Å². The van der Waals surface area contributed by atoms with Gasteiger partial charge in [-0.2, -0.15) is 5.10 Å². The normalized spacial score (nSPS) is 11.3. The molecule has 0 unspecified atom stereocenters. The highest BCUT2D eigenvalue weighted by molar-refractivity contribution is 6.42. The molecular weight excluding hydrogens is 388 g/mol. The Labute approximate surface area is 140 Å². The minimum Gasteiger partial charge on any atom is -0.260 e. The first kappa shape index (κ1) is 17.7. The Hall–Kier alpha value is -1.64. The Morgan fingerprint density at radius 2 is 1.39 bits per heavy atom. The molecule has 2 rings (SSSR count). The van der Waals surface area contributed by atoms with Crippen LogP contribution in [0.15, 0.2) is 11.2 Å². The number of hydrazone groups is 1. The molecular formula is C12H3Cl3F5N3. The lowest BCUT2D eigenvalue weighted by molar-refractivity contribution is 0.377. The molecule has 0 radical (unpaired) electrons. The average Bonchev–Trinajstić information content (AvgIpc) is 2.51. The number of pyridine rings is 1. The summed E-state index contributed by atoms with van der Waals surface area (Å²) in [6, 6.07) is 1.22. The molecule has 1 aromatic heterocycles. The fourth-order valence-electron chi connectivity index (χ4n) is 1.42. The van der Waals surface area contributed by atoms with Gasteiger partial charge in [0, 0.05) is 0 Å². The molecule has 1 heterocycles. The summed E-state index contributed by atoms with van der Waals surface area (Å²) in [6.45, 7) is 0. The summed E-state index contributed by atoms with van der Waals surface area (Å²) < 4.78 is 65.7. The van der Waals surface area contributed by atoms with Crippen molar-refractivity contribution < 1.29 is 22.0 Å². The van der Waals surface area contributed by atoms with E-state index in [0.717, 1.165) is 0 Å². The molecule has 0 fully saturated rings. The van der Waals surface area contributed by atoms with Gasteiger partial charge in [-0.25, -0.2) is 26.9 Å². The van der Waals surface area contributed by atoms with Crippen molar-refractivity contribution in [3.8, 4) is 0 Å². The number of halogens is 8. The predicted molar refractivity (Wildman–Crippen MR) is 76.7 cm³/mol. The van der Waals surface area contributed by atoms with Crippen molar-refractivity contribution >= 4 is 46.8 Å². The van der Waals surface area contributed by atoms with E-state index < -0.39 is 34.6 Å². The smallest absolute Gasteiger partial charge is 0.200 e. The molecule has 1 aromatic carbocycles. The molecule has 0 aliphatic rings. The number of anilines is 1. The van der Waals surface area contributed by atoms with Gasteiger partial charge < -0.3 is 0 Å². The maximum absolute atomic E-state index is 13.4. The highest BCUT2D eigenvalue weighted by atomic mass is 35.5. The second-order valence-corrected chi connectivity index (χ2v) is 5.12. The monoisotopic (exact) mass is 389 g/mol. The largest absolute Gasteiger partial charge is 0.260 e. The molecule has 0 amide bonds. The number of rotatable bonds is 3. The van der Waals surface area contributed by atoms with Crippen LogP contribution in [0.1, 0.15) is 5.56 Å². The summed E-state index contributed by atoms with van der Waals surface area (Å²) in [5, 5.41) is 3.20. The zero-order valence-electron chi connectivity index (χ0n) is 10.6. The van der Waals surface area contributed by atoms with E-state index in [4.69, 9.17) is 34.8 Å². The van der Waals surface area contributed by atoms with Gasteiger partial charge in [-0.05, 0) is 6.07 Å². The third-order valence-electron chi connectivity index (χ3n) is 2.49. The van der Waals surface area contributed by atoms with Crippen LogP contribution in [0.25, 0.3) is 0 Å². The van der Waals surface area contributed by atoms with Gasteiger partial charge in [0.2, 0.25) is 5.82 Å². The van der Waals surface area contributed by atoms with Crippen molar-refractivity contribution in [1.29, 1.82) is 0 Å². The quantitative estimate of drug-likeness (QED) is 0.196. The van der Waals surface area contributed by atoms with Gasteiger partial charge in [-0.15, -0.1) is 0 Å². The second-order valence-electron chi connectivity index (χ2n) is 3.95.